The van der Waals surface area contributed by atoms with Crippen LogP contribution in [0, 0.1) is 40.4 Å². The topological polar surface area (TPSA) is 77.5 Å². The molecule has 4 saturated carbocycles. The van der Waals surface area contributed by atoms with Gasteiger partial charge in [-0.3, -0.25) is 13.8 Å². The van der Waals surface area contributed by atoms with Crippen molar-refractivity contribution in [1.29, 1.82) is 0 Å². The number of Topliss-reactive ketones (excluding diaryl/α,β-unsaturated/α-hetero) is 2. The van der Waals surface area contributed by atoms with E-state index in [1.807, 2.05) is 0 Å². The fraction of sp³-hybridized carbons (Fsp3) is 0.909. The van der Waals surface area contributed by atoms with E-state index in [1.165, 1.54) is 0 Å². The molecule has 4 rings (SSSR count). The highest BCUT2D eigenvalue weighted by atomic mass is 32.2. The van der Waals surface area contributed by atoms with Crippen LogP contribution in [-0.4, -0.2) is 32.3 Å². The molecule has 6 heteroatoms. The summed E-state index contributed by atoms with van der Waals surface area (Å²) in [7, 11) is -3.45. The SMILES string of the molecule is CC(=O)[C@@H]1CC[C@@H]2[C@@H]3CC[C@@H]4C[C@H](OS(C)(=O)=O)CC[C@]4(C)[C@@H]3C(=O)C[C@]21C. The van der Waals surface area contributed by atoms with E-state index in [2.05, 4.69) is 13.8 Å². The Bertz CT molecular complexity index is 789. The number of ketones is 2. The monoisotopic (exact) mass is 410 g/mol. The minimum Gasteiger partial charge on any atom is -0.300 e. The number of carbonyl (C=O) groups is 2. The van der Waals surface area contributed by atoms with Crippen LogP contribution in [0.25, 0.3) is 0 Å². The van der Waals surface area contributed by atoms with E-state index < -0.39 is 10.1 Å². The van der Waals surface area contributed by atoms with Crippen molar-refractivity contribution in [2.45, 2.75) is 78.2 Å². The van der Waals surface area contributed by atoms with E-state index in [1.54, 1.807) is 6.92 Å². The van der Waals surface area contributed by atoms with Gasteiger partial charge in [0.1, 0.15) is 11.6 Å². The summed E-state index contributed by atoms with van der Waals surface area (Å²) in [5.74, 6) is 1.88. The quantitative estimate of drug-likeness (QED) is 0.662. The maximum atomic E-state index is 13.5. The van der Waals surface area contributed by atoms with Crippen molar-refractivity contribution in [1.82, 2.24) is 0 Å². The van der Waals surface area contributed by atoms with Crippen molar-refractivity contribution < 1.29 is 22.2 Å². The van der Waals surface area contributed by atoms with Crippen LogP contribution in [0.1, 0.15) is 72.1 Å². The summed E-state index contributed by atoms with van der Waals surface area (Å²) in [6.45, 7) is 6.15. The van der Waals surface area contributed by atoms with E-state index in [4.69, 9.17) is 4.18 Å². The molecule has 4 aliphatic carbocycles. The Labute approximate surface area is 169 Å². The second-order valence-corrected chi connectivity index (χ2v) is 12.2. The van der Waals surface area contributed by atoms with E-state index in [0.29, 0.717) is 36.4 Å². The van der Waals surface area contributed by atoms with Crippen molar-refractivity contribution in [3.05, 3.63) is 0 Å². The van der Waals surface area contributed by atoms with Crippen molar-refractivity contribution >= 4 is 21.7 Å². The summed E-state index contributed by atoms with van der Waals surface area (Å²) < 4.78 is 28.4. The van der Waals surface area contributed by atoms with Crippen LogP contribution in [-0.2, 0) is 23.9 Å². The number of rotatable bonds is 3. The second-order valence-electron chi connectivity index (χ2n) is 10.6. The Morgan fingerprint density at radius 1 is 1.07 bits per heavy atom. The average molecular weight is 411 g/mol. The molecule has 0 bridgehead atoms. The molecular formula is C22H34O5S. The highest BCUT2D eigenvalue weighted by molar-refractivity contribution is 7.86. The van der Waals surface area contributed by atoms with Crippen molar-refractivity contribution in [2.75, 3.05) is 6.26 Å². The van der Waals surface area contributed by atoms with Gasteiger partial charge in [-0.25, -0.2) is 0 Å². The maximum Gasteiger partial charge on any atom is 0.264 e. The van der Waals surface area contributed by atoms with Gasteiger partial charge in [-0.05, 0) is 80.5 Å². The third-order valence-corrected chi connectivity index (χ3v) is 9.72. The van der Waals surface area contributed by atoms with Gasteiger partial charge in [0.2, 0.25) is 0 Å². The summed E-state index contributed by atoms with van der Waals surface area (Å²) >= 11 is 0. The molecule has 0 aliphatic heterocycles. The molecule has 4 aliphatic rings. The summed E-state index contributed by atoms with van der Waals surface area (Å²) in [6.07, 6.45) is 7.74. The smallest absolute Gasteiger partial charge is 0.264 e. The lowest BCUT2D eigenvalue weighted by Gasteiger charge is -2.59. The van der Waals surface area contributed by atoms with Crippen LogP contribution in [0.4, 0.5) is 0 Å². The highest BCUT2D eigenvalue weighted by Crippen LogP contribution is 2.66. The van der Waals surface area contributed by atoms with Gasteiger partial charge in [-0.15, -0.1) is 0 Å². The average Bonchev–Trinajstić information content (AvgIpc) is 2.90. The molecule has 0 radical (unpaired) electrons. The summed E-state index contributed by atoms with van der Waals surface area (Å²) in [4.78, 5) is 25.7. The van der Waals surface area contributed by atoms with Gasteiger partial charge in [-0.2, -0.15) is 8.42 Å². The first-order valence-electron chi connectivity index (χ1n) is 10.9. The lowest BCUT2D eigenvalue weighted by Crippen LogP contribution is -2.58. The van der Waals surface area contributed by atoms with Gasteiger partial charge in [0, 0.05) is 18.3 Å². The molecule has 0 spiro atoms. The lowest BCUT2D eigenvalue weighted by molar-refractivity contribution is -0.161. The highest BCUT2D eigenvalue weighted by Gasteiger charge is 2.63. The number of hydrogen-bond acceptors (Lipinski definition) is 5. The Hall–Kier alpha value is -0.750. The van der Waals surface area contributed by atoms with Gasteiger partial charge >= 0.3 is 0 Å². The molecule has 0 unspecified atom stereocenters. The van der Waals surface area contributed by atoms with Gasteiger partial charge in [0.15, 0.2) is 0 Å². The van der Waals surface area contributed by atoms with Crippen LogP contribution >= 0.6 is 0 Å². The lowest BCUT2D eigenvalue weighted by atomic mass is 9.44. The molecule has 4 fully saturated rings. The zero-order valence-electron chi connectivity index (χ0n) is 17.6. The van der Waals surface area contributed by atoms with Gasteiger partial charge in [0.05, 0.1) is 12.4 Å². The predicted octanol–water partition coefficient (Wildman–Crippen LogP) is 3.76. The molecule has 0 aromatic heterocycles. The number of fused-ring (bicyclic) bond motifs is 5. The molecule has 8 atom stereocenters. The van der Waals surface area contributed by atoms with Crippen molar-refractivity contribution in [3.8, 4) is 0 Å². The first-order chi connectivity index (χ1) is 13.0. The fourth-order valence-corrected chi connectivity index (χ4v) is 8.71. The molecule has 0 heterocycles. The van der Waals surface area contributed by atoms with Crippen LogP contribution in [0.2, 0.25) is 0 Å². The van der Waals surface area contributed by atoms with E-state index >= 15 is 0 Å². The number of hydrogen-bond donors (Lipinski definition) is 0. The Morgan fingerprint density at radius 3 is 2.43 bits per heavy atom. The molecular weight excluding hydrogens is 376 g/mol. The van der Waals surface area contributed by atoms with Crippen LogP contribution in [0.15, 0.2) is 0 Å². The molecule has 158 valence electrons. The Kier molecular flexibility index (Phi) is 4.86. The van der Waals surface area contributed by atoms with Crippen LogP contribution in [0.5, 0.6) is 0 Å². The van der Waals surface area contributed by atoms with Gasteiger partial charge < -0.3 is 0 Å². The fourth-order valence-electron chi connectivity index (χ4n) is 8.04. The molecule has 0 amide bonds. The molecule has 0 aromatic carbocycles. The summed E-state index contributed by atoms with van der Waals surface area (Å²) in [5.41, 5.74) is -0.225. The minimum atomic E-state index is -3.45. The molecule has 28 heavy (non-hydrogen) atoms. The zero-order valence-corrected chi connectivity index (χ0v) is 18.4. The molecule has 5 nitrogen and oxygen atoms in total. The van der Waals surface area contributed by atoms with E-state index in [-0.39, 0.29) is 34.6 Å². The predicted molar refractivity (Wildman–Crippen MR) is 106 cm³/mol. The third kappa shape index (κ3) is 3.10. The van der Waals surface area contributed by atoms with Crippen LogP contribution in [0.3, 0.4) is 0 Å². The third-order valence-electron chi connectivity index (χ3n) is 9.10. The first-order valence-corrected chi connectivity index (χ1v) is 12.7. The number of carbonyl (C=O) groups excluding carboxylic acids is 2. The normalized spacial score (nSPS) is 48.5. The van der Waals surface area contributed by atoms with Crippen molar-refractivity contribution in [3.63, 3.8) is 0 Å². The summed E-state index contributed by atoms with van der Waals surface area (Å²) in [6, 6.07) is 0. The van der Waals surface area contributed by atoms with Gasteiger partial charge in [0.25, 0.3) is 10.1 Å². The largest absolute Gasteiger partial charge is 0.300 e. The second kappa shape index (κ2) is 6.63. The Morgan fingerprint density at radius 2 is 1.79 bits per heavy atom. The van der Waals surface area contributed by atoms with E-state index in [9.17, 15) is 18.0 Å². The minimum absolute atomic E-state index is 0.0341. The first kappa shape index (κ1) is 20.5. The van der Waals surface area contributed by atoms with Crippen molar-refractivity contribution in [2.24, 2.45) is 40.4 Å². The molecule has 0 saturated heterocycles. The molecule has 0 N–H and O–H groups in total. The molecule has 0 aromatic rings. The standard InChI is InChI=1S/C22H34O5S/c1-13(23)17-7-8-18-16-6-5-14-11-15(27-28(4,25)26)9-10-21(14,2)20(16)19(24)12-22(17,18)3/h14-18,20H,5-12H2,1-4H3/t14-,15-,16+,17+,18-,20+,21+,22+/m1/s1. The van der Waals surface area contributed by atoms with Gasteiger partial charge in [-0.1, -0.05) is 13.8 Å². The Balaban J connectivity index is 1.59. The maximum absolute atomic E-state index is 13.5. The van der Waals surface area contributed by atoms with Crippen LogP contribution < -0.4 is 0 Å². The summed E-state index contributed by atoms with van der Waals surface area (Å²) in [5, 5.41) is 0. The van der Waals surface area contributed by atoms with E-state index in [0.717, 1.165) is 44.8 Å². The zero-order chi connectivity index (χ0) is 20.5.